The molecule has 30 heavy (non-hydrogen) atoms. The standard InChI is InChI=1S/C23H25N5O2.3H2/c1-30-18-6-2-5-16(13-18)17-14-19(23(24)26-15-17)22(29)20-7-3-8-21(27-20)28-11-4-9-25-10-12-28;;;/h2-3,5-8,13-15,25H,4,9-12H2,1H3,(H2,24,26);3*1H. The molecule has 3 N–H and O–H groups in total. The van der Waals surface area contributed by atoms with Crippen LogP contribution >= 0.6 is 0 Å². The van der Waals surface area contributed by atoms with Crippen molar-refractivity contribution in [3.05, 3.63) is 66.0 Å². The summed E-state index contributed by atoms with van der Waals surface area (Å²) in [5, 5.41) is 3.38. The van der Waals surface area contributed by atoms with Crippen LogP contribution in [0.4, 0.5) is 11.6 Å². The molecular weight excluding hydrogens is 378 g/mol. The molecule has 7 nitrogen and oxygen atoms in total. The van der Waals surface area contributed by atoms with E-state index in [1.54, 1.807) is 25.4 Å². The summed E-state index contributed by atoms with van der Waals surface area (Å²) in [5.41, 5.74) is 8.46. The molecule has 0 unspecified atom stereocenters. The molecule has 1 aliphatic heterocycles. The minimum Gasteiger partial charge on any atom is -0.497 e. The third-order valence-corrected chi connectivity index (χ3v) is 5.20. The molecule has 0 saturated carbocycles. The van der Waals surface area contributed by atoms with Gasteiger partial charge in [0.2, 0.25) is 5.78 Å². The van der Waals surface area contributed by atoms with Gasteiger partial charge in [-0.2, -0.15) is 0 Å². The van der Waals surface area contributed by atoms with Crippen LogP contribution in [0.2, 0.25) is 0 Å². The number of nitrogens with two attached hydrogens (primary N) is 1. The first-order valence-corrected chi connectivity index (χ1v) is 10.0. The van der Waals surface area contributed by atoms with Crippen molar-refractivity contribution in [1.82, 2.24) is 15.3 Å². The second kappa shape index (κ2) is 8.92. The molecule has 1 fully saturated rings. The van der Waals surface area contributed by atoms with Crippen LogP contribution in [0.15, 0.2) is 54.7 Å². The Bertz CT molecular complexity index is 1060. The number of rotatable bonds is 5. The lowest BCUT2D eigenvalue weighted by molar-refractivity contribution is 0.103. The van der Waals surface area contributed by atoms with Gasteiger partial charge in [-0.1, -0.05) is 18.2 Å². The molecule has 0 radical (unpaired) electrons. The third kappa shape index (κ3) is 4.26. The topological polar surface area (TPSA) is 93.4 Å². The molecule has 3 aromatic rings. The zero-order valence-corrected chi connectivity index (χ0v) is 17.0. The van der Waals surface area contributed by atoms with Gasteiger partial charge >= 0.3 is 0 Å². The van der Waals surface area contributed by atoms with Gasteiger partial charge in [0.1, 0.15) is 23.1 Å². The predicted octanol–water partition coefficient (Wildman–Crippen LogP) is 3.50. The van der Waals surface area contributed by atoms with Crippen LogP contribution < -0.4 is 20.7 Å². The average Bonchev–Trinajstić information content (AvgIpc) is 3.09. The van der Waals surface area contributed by atoms with Crippen molar-refractivity contribution in [3.8, 4) is 16.9 Å². The Hall–Kier alpha value is -3.45. The second-order valence-corrected chi connectivity index (χ2v) is 7.19. The number of carbonyl (C=O) groups excluding carboxylic acids is 1. The number of hydrogen-bond donors (Lipinski definition) is 2. The van der Waals surface area contributed by atoms with Crippen molar-refractivity contribution in [2.24, 2.45) is 0 Å². The molecular formula is C23H31N5O2. The molecule has 0 amide bonds. The fourth-order valence-electron chi connectivity index (χ4n) is 3.56. The molecule has 1 saturated heterocycles. The zero-order valence-electron chi connectivity index (χ0n) is 17.0. The quantitative estimate of drug-likeness (QED) is 0.623. The molecule has 2 aromatic heterocycles. The number of hydrogen-bond acceptors (Lipinski definition) is 7. The van der Waals surface area contributed by atoms with Gasteiger partial charge in [-0.25, -0.2) is 9.97 Å². The van der Waals surface area contributed by atoms with Crippen LogP contribution in [-0.2, 0) is 0 Å². The molecule has 0 atom stereocenters. The Balaban J connectivity index is 0.00000181. The van der Waals surface area contributed by atoms with Crippen molar-refractivity contribution in [1.29, 1.82) is 0 Å². The van der Waals surface area contributed by atoms with E-state index in [1.165, 1.54) is 0 Å². The first-order valence-electron chi connectivity index (χ1n) is 10.0. The van der Waals surface area contributed by atoms with Crippen LogP contribution in [0.3, 0.4) is 0 Å². The van der Waals surface area contributed by atoms with Gasteiger partial charge in [0.15, 0.2) is 0 Å². The highest BCUT2D eigenvalue weighted by Crippen LogP contribution is 2.26. The largest absolute Gasteiger partial charge is 0.497 e. The highest BCUT2D eigenvalue weighted by atomic mass is 16.5. The maximum Gasteiger partial charge on any atom is 0.215 e. The Morgan fingerprint density at radius 1 is 1.13 bits per heavy atom. The minimum atomic E-state index is -0.237. The monoisotopic (exact) mass is 409 g/mol. The van der Waals surface area contributed by atoms with Crippen LogP contribution in [0.1, 0.15) is 26.8 Å². The first-order chi connectivity index (χ1) is 14.7. The van der Waals surface area contributed by atoms with E-state index in [2.05, 4.69) is 20.2 Å². The number of pyridine rings is 2. The molecule has 0 aliphatic carbocycles. The molecule has 0 spiro atoms. The molecule has 1 aliphatic rings. The Labute approximate surface area is 180 Å². The van der Waals surface area contributed by atoms with Crippen molar-refractivity contribution < 1.29 is 13.8 Å². The summed E-state index contributed by atoms with van der Waals surface area (Å²) < 4.78 is 5.30. The smallest absolute Gasteiger partial charge is 0.215 e. The third-order valence-electron chi connectivity index (χ3n) is 5.20. The lowest BCUT2D eigenvalue weighted by Gasteiger charge is -2.21. The van der Waals surface area contributed by atoms with Crippen LogP contribution in [0.25, 0.3) is 11.1 Å². The van der Waals surface area contributed by atoms with Gasteiger partial charge in [-0.05, 0) is 48.9 Å². The summed E-state index contributed by atoms with van der Waals surface area (Å²) in [4.78, 5) is 24.3. The average molecular weight is 410 g/mol. The maximum atomic E-state index is 13.2. The SMILES string of the molecule is COc1cccc(-c2cnc(N)c(C(=O)c3cccc(N4CCCNCC4)n3)c2)c1.[HH].[HH].[HH]. The predicted molar refractivity (Wildman–Crippen MR) is 124 cm³/mol. The lowest BCUT2D eigenvalue weighted by atomic mass is 10.0. The summed E-state index contributed by atoms with van der Waals surface area (Å²) in [6, 6.07) is 14.9. The van der Waals surface area contributed by atoms with E-state index in [0.29, 0.717) is 11.3 Å². The number of ketones is 1. The number of ether oxygens (including phenoxy) is 1. The summed E-state index contributed by atoms with van der Waals surface area (Å²) in [5.74, 6) is 1.50. The summed E-state index contributed by atoms with van der Waals surface area (Å²) in [6.07, 6.45) is 2.70. The number of anilines is 2. The summed E-state index contributed by atoms with van der Waals surface area (Å²) in [6.45, 7) is 3.67. The maximum absolute atomic E-state index is 13.2. The number of aromatic nitrogens is 2. The molecule has 160 valence electrons. The molecule has 0 bridgehead atoms. The van der Waals surface area contributed by atoms with E-state index in [9.17, 15) is 4.79 Å². The van der Waals surface area contributed by atoms with Gasteiger partial charge < -0.3 is 20.7 Å². The van der Waals surface area contributed by atoms with Crippen LogP contribution in [0, 0.1) is 0 Å². The number of benzene rings is 1. The van der Waals surface area contributed by atoms with E-state index in [0.717, 1.165) is 55.3 Å². The molecule has 7 heteroatoms. The van der Waals surface area contributed by atoms with Crippen molar-refractivity contribution >= 4 is 17.4 Å². The molecule has 1 aromatic carbocycles. The van der Waals surface area contributed by atoms with Gasteiger partial charge in [0.25, 0.3) is 0 Å². The van der Waals surface area contributed by atoms with Gasteiger partial charge in [-0.15, -0.1) is 0 Å². The molecule has 3 heterocycles. The number of methoxy groups -OCH3 is 1. The van der Waals surface area contributed by atoms with Crippen molar-refractivity contribution in [2.75, 3.05) is 43.9 Å². The van der Waals surface area contributed by atoms with Gasteiger partial charge in [0.05, 0.1) is 12.7 Å². The highest BCUT2D eigenvalue weighted by molar-refractivity contribution is 6.11. The fraction of sp³-hybridized carbons (Fsp3) is 0.261. The number of carbonyl (C=O) groups is 1. The summed E-state index contributed by atoms with van der Waals surface area (Å²) >= 11 is 0. The molecule has 4 rings (SSSR count). The van der Waals surface area contributed by atoms with Crippen molar-refractivity contribution in [2.45, 2.75) is 6.42 Å². The van der Waals surface area contributed by atoms with E-state index in [-0.39, 0.29) is 15.9 Å². The zero-order chi connectivity index (χ0) is 20.9. The van der Waals surface area contributed by atoms with Gasteiger partial charge in [0, 0.05) is 35.7 Å². The van der Waals surface area contributed by atoms with Crippen LogP contribution in [-0.4, -0.2) is 49.0 Å². The van der Waals surface area contributed by atoms with Gasteiger partial charge in [-0.3, -0.25) is 4.79 Å². The van der Waals surface area contributed by atoms with E-state index < -0.39 is 0 Å². The van der Waals surface area contributed by atoms with E-state index in [1.807, 2.05) is 36.4 Å². The number of nitrogen functional groups attached to an aromatic ring is 1. The lowest BCUT2D eigenvalue weighted by Crippen LogP contribution is -2.29. The van der Waals surface area contributed by atoms with Crippen molar-refractivity contribution in [3.63, 3.8) is 0 Å². The first kappa shape index (κ1) is 19.8. The van der Waals surface area contributed by atoms with E-state index in [4.69, 9.17) is 10.5 Å². The normalized spacial score (nSPS) is 14.2. The number of nitrogens with one attached hydrogen (secondary N) is 1. The highest BCUT2D eigenvalue weighted by Gasteiger charge is 2.18. The van der Waals surface area contributed by atoms with Crippen LogP contribution in [0.5, 0.6) is 5.75 Å². The summed E-state index contributed by atoms with van der Waals surface area (Å²) in [7, 11) is 1.62. The Morgan fingerprint density at radius 3 is 2.87 bits per heavy atom. The minimum absolute atomic E-state index is 0. The Morgan fingerprint density at radius 2 is 2.00 bits per heavy atom. The van der Waals surface area contributed by atoms with E-state index >= 15 is 0 Å². The number of nitrogens with zero attached hydrogens (tertiary/aromatic N) is 3. The Kier molecular flexibility index (Phi) is 5.90. The second-order valence-electron chi connectivity index (χ2n) is 7.19. The fourth-order valence-corrected chi connectivity index (χ4v) is 3.56.